The van der Waals surface area contributed by atoms with Crippen LogP contribution in [0.5, 0.6) is 5.75 Å². The van der Waals surface area contributed by atoms with Crippen molar-refractivity contribution in [2.45, 2.75) is 46.3 Å². The van der Waals surface area contributed by atoms with Gasteiger partial charge >= 0.3 is 5.63 Å². The topological polar surface area (TPSA) is 67.1 Å². The summed E-state index contributed by atoms with van der Waals surface area (Å²) in [7, 11) is 0. The van der Waals surface area contributed by atoms with E-state index in [1.165, 1.54) is 5.56 Å². The fourth-order valence-electron chi connectivity index (χ4n) is 3.77. The Balaban J connectivity index is 1.70. The molecular weight excluding hydrogens is 340 g/mol. The van der Waals surface area contributed by atoms with Crippen LogP contribution in [0.15, 0.2) is 39.8 Å². The van der Waals surface area contributed by atoms with Gasteiger partial charge in [-0.2, -0.15) is 5.26 Å². The first-order chi connectivity index (χ1) is 13.0. The molecule has 0 spiro atoms. The van der Waals surface area contributed by atoms with Crippen LogP contribution >= 0.6 is 0 Å². The van der Waals surface area contributed by atoms with Crippen LogP contribution in [-0.4, -0.2) is 6.10 Å². The summed E-state index contributed by atoms with van der Waals surface area (Å²) in [5, 5.41) is 10.0. The van der Waals surface area contributed by atoms with Crippen LogP contribution in [0.1, 0.15) is 34.7 Å². The third-order valence-electron chi connectivity index (χ3n) is 5.34. The van der Waals surface area contributed by atoms with Crippen LogP contribution in [-0.2, 0) is 19.4 Å². The van der Waals surface area contributed by atoms with Gasteiger partial charge in [-0.25, -0.2) is 9.36 Å². The zero-order valence-electron chi connectivity index (χ0n) is 15.7. The minimum Gasteiger partial charge on any atom is -0.483 e. The van der Waals surface area contributed by atoms with Gasteiger partial charge in [0.25, 0.3) is 0 Å². The number of nitrogens with zero attached hydrogens (tertiary/aromatic N) is 2. The fourth-order valence-corrected chi connectivity index (χ4v) is 3.77. The molecular formula is C22H21N2O3+. The summed E-state index contributed by atoms with van der Waals surface area (Å²) in [5.41, 5.74) is 3.88. The molecule has 0 bridgehead atoms. The van der Waals surface area contributed by atoms with E-state index >= 15 is 0 Å². The Labute approximate surface area is 157 Å². The zero-order valence-corrected chi connectivity index (χ0v) is 15.7. The number of rotatable bonds is 3. The molecule has 136 valence electrons. The number of hydrogen-bond acceptors (Lipinski definition) is 4. The minimum absolute atomic E-state index is 0.0236. The van der Waals surface area contributed by atoms with Crippen molar-refractivity contribution in [1.29, 1.82) is 5.26 Å². The van der Waals surface area contributed by atoms with Gasteiger partial charge in [0.15, 0.2) is 25.0 Å². The maximum absolute atomic E-state index is 12.1. The molecule has 0 saturated carbocycles. The monoisotopic (exact) mass is 361 g/mol. The molecule has 2 aromatic heterocycles. The number of pyridine rings is 1. The molecule has 27 heavy (non-hydrogen) atoms. The molecule has 0 aliphatic carbocycles. The fraction of sp³-hybridized carbons (Fsp3) is 0.318. The van der Waals surface area contributed by atoms with Gasteiger partial charge in [-0.3, -0.25) is 0 Å². The highest BCUT2D eigenvalue weighted by molar-refractivity contribution is 5.87. The molecule has 1 aromatic carbocycles. The molecule has 0 N–H and O–H groups in total. The van der Waals surface area contributed by atoms with Gasteiger partial charge in [-0.1, -0.05) is 6.92 Å². The lowest BCUT2D eigenvalue weighted by molar-refractivity contribution is -0.702. The summed E-state index contributed by atoms with van der Waals surface area (Å²) in [6.45, 7) is 6.59. The van der Waals surface area contributed by atoms with Gasteiger partial charge in [0, 0.05) is 29.5 Å². The molecule has 1 unspecified atom stereocenters. The lowest BCUT2D eigenvalue weighted by Crippen LogP contribution is -2.41. The lowest BCUT2D eigenvalue weighted by atomic mass is 9.99. The van der Waals surface area contributed by atoms with Crippen LogP contribution < -0.4 is 14.9 Å². The summed E-state index contributed by atoms with van der Waals surface area (Å²) in [5.74, 6) is 0.797. The second-order valence-electron chi connectivity index (χ2n) is 7.07. The molecule has 1 aliphatic heterocycles. The van der Waals surface area contributed by atoms with Crippen molar-refractivity contribution in [1.82, 2.24) is 0 Å². The average molecular weight is 361 g/mol. The largest absolute Gasteiger partial charge is 0.483 e. The molecule has 0 fully saturated rings. The quantitative estimate of drug-likeness (QED) is 0.531. The molecule has 3 heterocycles. The Morgan fingerprint density at radius 1 is 1.26 bits per heavy atom. The predicted molar refractivity (Wildman–Crippen MR) is 101 cm³/mol. The van der Waals surface area contributed by atoms with E-state index in [0.717, 1.165) is 41.6 Å². The lowest BCUT2D eigenvalue weighted by Gasteiger charge is -2.11. The van der Waals surface area contributed by atoms with E-state index in [2.05, 4.69) is 36.0 Å². The molecule has 1 aliphatic rings. The van der Waals surface area contributed by atoms with Gasteiger partial charge in [0.05, 0.1) is 0 Å². The average Bonchev–Trinajstić information content (AvgIpc) is 3.07. The van der Waals surface area contributed by atoms with Crippen molar-refractivity contribution in [3.8, 4) is 11.8 Å². The molecule has 1 atom stereocenters. The van der Waals surface area contributed by atoms with Gasteiger partial charge < -0.3 is 9.15 Å². The van der Waals surface area contributed by atoms with E-state index < -0.39 is 5.63 Å². The first-order valence-corrected chi connectivity index (χ1v) is 9.16. The smallest absolute Gasteiger partial charge is 0.354 e. The highest BCUT2D eigenvalue weighted by Gasteiger charge is 2.30. The highest BCUT2D eigenvalue weighted by Crippen LogP contribution is 2.38. The molecule has 0 radical (unpaired) electrons. The molecule has 0 amide bonds. The SMILES string of the molecule is CCc1cc[n+](CC2Cc3cc4c(C)c(C#N)c(=O)oc4c(C)c3O2)cc1. The first-order valence-electron chi connectivity index (χ1n) is 9.16. The van der Waals surface area contributed by atoms with E-state index in [1.807, 2.05) is 19.1 Å². The predicted octanol–water partition coefficient (Wildman–Crippen LogP) is 3.14. The number of nitriles is 1. The second-order valence-corrected chi connectivity index (χ2v) is 7.07. The van der Waals surface area contributed by atoms with E-state index in [-0.39, 0.29) is 11.7 Å². The number of ether oxygens (including phenoxy) is 1. The zero-order chi connectivity index (χ0) is 19.1. The maximum Gasteiger partial charge on any atom is 0.354 e. The minimum atomic E-state index is -0.591. The van der Waals surface area contributed by atoms with Crippen LogP contribution in [0.3, 0.4) is 0 Å². The second kappa shape index (κ2) is 6.55. The van der Waals surface area contributed by atoms with Crippen molar-refractivity contribution >= 4 is 11.0 Å². The van der Waals surface area contributed by atoms with Gasteiger partial charge in [0.2, 0.25) is 0 Å². The summed E-state index contributed by atoms with van der Waals surface area (Å²) in [6.07, 6.45) is 5.99. The molecule has 3 aromatic rings. The normalized spacial score (nSPS) is 15.4. The van der Waals surface area contributed by atoms with Crippen molar-refractivity contribution in [2.75, 3.05) is 0 Å². The number of benzene rings is 1. The Hall–Kier alpha value is -3.13. The highest BCUT2D eigenvalue weighted by atomic mass is 16.5. The first kappa shape index (κ1) is 17.3. The van der Waals surface area contributed by atoms with Gasteiger partial charge in [0.1, 0.15) is 23.0 Å². The van der Waals surface area contributed by atoms with E-state index in [1.54, 1.807) is 6.92 Å². The number of hydrogen-bond donors (Lipinski definition) is 0. The third kappa shape index (κ3) is 2.87. The summed E-state index contributed by atoms with van der Waals surface area (Å²) < 4.78 is 13.8. The molecule has 5 heteroatoms. The summed E-state index contributed by atoms with van der Waals surface area (Å²) >= 11 is 0. The van der Waals surface area contributed by atoms with Gasteiger partial charge in [-0.05, 0) is 43.0 Å². The maximum atomic E-state index is 12.1. The van der Waals surface area contributed by atoms with Crippen LogP contribution in [0.4, 0.5) is 0 Å². The van der Waals surface area contributed by atoms with Crippen molar-refractivity contribution in [3.63, 3.8) is 0 Å². The molecule has 4 rings (SSSR count). The van der Waals surface area contributed by atoms with Crippen LogP contribution in [0.25, 0.3) is 11.0 Å². The van der Waals surface area contributed by atoms with Crippen molar-refractivity contribution < 1.29 is 13.7 Å². The standard InChI is InChI=1S/C22H21N2O3/c1-4-15-5-7-24(8-6-15)12-17-9-16-10-18-13(2)19(11-23)22(25)27-21(18)14(3)20(16)26-17/h5-8,10,17H,4,9,12H2,1-3H3/q+1. The summed E-state index contributed by atoms with van der Waals surface area (Å²) in [4.78, 5) is 12.1. The Morgan fingerprint density at radius 2 is 2.00 bits per heavy atom. The van der Waals surface area contributed by atoms with E-state index in [4.69, 9.17) is 9.15 Å². The number of aryl methyl sites for hydroxylation is 3. The van der Waals surface area contributed by atoms with Crippen LogP contribution in [0.2, 0.25) is 0 Å². The Kier molecular flexibility index (Phi) is 4.19. The Bertz CT molecular complexity index is 1140. The van der Waals surface area contributed by atoms with Crippen molar-refractivity contribution in [2.24, 2.45) is 0 Å². The molecule has 5 nitrogen and oxygen atoms in total. The van der Waals surface area contributed by atoms with E-state index in [9.17, 15) is 10.1 Å². The van der Waals surface area contributed by atoms with Crippen molar-refractivity contribution in [3.05, 3.63) is 68.8 Å². The third-order valence-corrected chi connectivity index (χ3v) is 5.34. The van der Waals surface area contributed by atoms with E-state index in [0.29, 0.717) is 11.1 Å². The van der Waals surface area contributed by atoms with Gasteiger partial charge in [-0.15, -0.1) is 0 Å². The number of fused-ring (bicyclic) bond motifs is 2. The molecule has 0 saturated heterocycles. The van der Waals surface area contributed by atoms with Crippen LogP contribution in [0, 0.1) is 25.2 Å². The summed E-state index contributed by atoms with van der Waals surface area (Å²) in [6, 6.07) is 8.21. The number of aromatic nitrogens is 1. The Morgan fingerprint density at radius 3 is 2.67 bits per heavy atom.